The maximum Gasteiger partial charge on any atom is 0.262 e. The van der Waals surface area contributed by atoms with E-state index in [0.717, 1.165) is 11.4 Å². The van der Waals surface area contributed by atoms with Crippen LogP contribution in [0.15, 0.2) is 36.5 Å². The Hall–Kier alpha value is -2.43. The molecule has 0 fully saturated rings. The summed E-state index contributed by atoms with van der Waals surface area (Å²) in [7, 11) is 0. The second kappa shape index (κ2) is 4.10. The highest BCUT2D eigenvalue weighted by Crippen LogP contribution is 2.32. The van der Waals surface area contributed by atoms with Crippen LogP contribution in [0.25, 0.3) is 0 Å². The summed E-state index contributed by atoms with van der Waals surface area (Å²) in [6.45, 7) is 1.02. The van der Waals surface area contributed by atoms with Gasteiger partial charge in [-0.1, -0.05) is 12.1 Å². The number of nitrogens with two attached hydrogens (primary N) is 1. The quantitative estimate of drug-likeness (QED) is 0.799. The van der Waals surface area contributed by atoms with Crippen molar-refractivity contribution in [3.05, 3.63) is 42.1 Å². The van der Waals surface area contributed by atoms with Gasteiger partial charge in [-0.15, -0.1) is 0 Å². The second-order valence-electron chi connectivity index (χ2n) is 4.08. The standard InChI is InChI=1S/C13H13N3O2/c14-12-9(5-6-15-12)13(17)16-7-8-18-11-4-2-1-3-10(11)16/h1-6,15H,7-8,14H2. The van der Waals surface area contributed by atoms with E-state index in [4.69, 9.17) is 10.5 Å². The minimum Gasteiger partial charge on any atom is -0.490 e. The number of carbonyl (C=O) groups is 1. The Kier molecular flexibility index (Phi) is 2.44. The summed E-state index contributed by atoms with van der Waals surface area (Å²) in [5.74, 6) is 1.01. The van der Waals surface area contributed by atoms with Crippen LogP contribution >= 0.6 is 0 Å². The lowest BCUT2D eigenvalue weighted by atomic mass is 10.2. The van der Waals surface area contributed by atoms with E-state index in [9.17, 15) is 4.79 Å². The molecule has 1 aromatic heterocycles. The summed E-state index contributed by atoms with van der Waals surface area (Å²) in [4.78, 5) is 16.9. The molecule has 0 saturated carbocycles. The molecule has 3 N–H and O–H groups in total. The van der Waals surface area contributed by atoms with Crippen LogP contribution in [-0.4, -0.2) is 24.0 Å². The fraction of sp³-hybridized carbons (Fsp3) is 0.154. The maximum absolute atomic E-state index is 12.4. The van der Waals surface area contributed by atoms with Gasteiger partial charge in [0.25, 0.3) is 5.91 Å². The van der Waals surface area contributed by atoms with Gasteiger partial charge in [-0.05, 0) is 18.2 Å². The average Bonchev–Trinajstić information content (AvgIpc) is 2.83. The summed E-state index contributed by atoms with van der Waals surface area (Å²) in [5.41, 5.74) is 7.01. The third-order valence-electron chi connectivity index (χ3n) is 2.98. The lowest BCUT2D eigenvalue weighted by Gasteiger charge is -2.29. The molecular weight excluding hydrogens is 230 g/mol. The molecule has 1 amide bonds. The van der Waals surface area contributed by atoms with Crippen molar-refractivity contribution < 1.29 is 9.53 Å². The first kappa shape index (κ1) is 10.7. The van der Waals surface area contributed by atoms with E-state index in [1.165, 1.54) is 0 Å². The van der Waals surface area contributed by atoms with Gasteiger partial charge in [-0.2, -0.15) is 0 Å². The molecule has 5 heteroatoms. The number of para-hydroxylation sites is 2. The monoisotopic (exact) mass is 243 g/mol. The molecule has 1 aromatic carbocycles. The molecule has 0 spiro atoms. The van der Waals surface area contributed by atoms with E-state index in [-0.39, 0.29) is 5.91 Å². The van der Waals surface area contributed by atoms with Crippen molar-refractivity contribution in [3.8, 4) is 5.75 Å². The molecular formula is C13H13N3O2. The zero-order valence-electron chi connectivity index (χ0n) is 9.72. The molecule has 0 aliphatic carbocycles. The number of benzene rings is 1. The van der Waals surface area contributed by atoms with E-state index >= 15 is 0 Å². The predicted molar refractivity (Wildman–Crippen MR) is 68.8 cm³/mol. The molecule has 0 radical (unpaired) electrons. The normalized spacial score (nSPS) is 13.9. The Balaban J connectivity index is 2.00. The molecule has 1 aliphatic heterocycles. The summed E-state index contributed by atoms with van der Waals surface area (Å²) < 4.78 is 5.52. The van der Waals surface area contributed by atoms with Gasteiger partial charge < -0.3 is 20.4 Å². The molecule has 1 aliphatic rings. The highest BCUT2D eigenvalue weighted by molar-refractivity contribution is 6.09. The molecule has 18 heavy (non-hydrogen) atoms. The molecule has 5 nitrogen and oxygen atoms in total. The fourth-order valence-electron chi connectivity index (χ4n) is 2.09. The van der Waals surface area contributed by atoms with Crippen LogP contribution in [0.1, 0.15) is 10.4 Å². The Bertz CT molecular complexity index is 591. The molecule has 0 bridgehead atoms. The lowest BCUT2D eigenvalue weighted by molar-refractivity contribution is 0.0977. The van der Waals surface area contributed by atoms with E-state index in [0.29, 0.717) is 24.5 Å². The van der Waals surface area contributed by atoms with Gasteiger partial charge >= 0.3 is 0 Å². The number of nitrogens with one attached hydrogen (secondary N) is 1. The minimum absolute atomic E-state index is 0.107. The number of anilines is 2. The first-order chi connectivity index (χ1) is 8.77. The van der Waals surface area contributed by atoms with Crippen molar-refractivity contribution in [1.29, 1.82) is 0 Å². The Morgan fingerprint density at radius 3 is 2.94 bits per heavy atom. The average molecular weight is 243 g/mol. The number of nitrogen functional groups attached to an aromatic ring is 1. The van der Waals surface area contributed by atoms with Crippen molar-refractivity contribution in [2.24, 2.45) is 0 Å². The highest BCUT2D eigenvalue weighted by atomic mass is 16.5. The van der Waals surface area contributed by atoms with Gasteiger partial charge in [-0.25, -0.2) is 0 Å². The SMILES string of the molecule is Nc1[nH]ccc1C(=O)N1CCOc2ccccc21. The molecule has 92 valence electrons. The fourth-order valence-corrected chi connectivity index (χ4v) is 2.09. The molecule has 2 aromatic rings. The number of nitrogens with zero attached hydrogens (tertiary/aromatic N) is 1. The number of ether oxygens (including phenoxy) is 1. The van der Waals surface area contributed by atoms with Crippen molar-refractivity contribution in [3.63, 3.8) is 0 Å². The topological polar surface area (TPSA) is 71.4 Å². The van der Waals surface area contributed by atoms with Gasteiger partial charge in [0.15, 0.2) is 0 Å². The Labute approximate surface area is 104 Å². The Morgan fingerprint density at radius 1 is 1.33 bits per heavy atom. The predicted octanol–water partition coefficient (Wildman–Crippen LogP) is 1.64. The first-order valence-electron chi connectivity index (χ1n) is 5.74. The summed E-state index contributed by atoms with van der Waals surface area (Å²) in [5, 5.41) is 0. The van der Waals surface area contributed by atoms with Gasteiger partial charge in [0.2, 0.25) is 0 Å². The zero-order valence-corrected chi connectivity index (χ0v) is 9.72. The summed E-state index contributed by atoms with van der Waals surface area (Å²) in [6, 6.07) is 9.19. The molecule has 0 atom stereocenters. The number of amides is 1. The van der Waals surface area contributed by atoms with Crippen LogP contribution in [0.4, 0.5) is 11.5 Å². The van der Waals surface area contributed by atoms with Crippen LogP contribution in [0.2, 0.25) is 0 Å². The van der Waals surface area contributed by atoms with E-state index < -0.39 is 0 Å². The second-order valence-corrected chi connectivity index (χ2v) is 4.08. The van der Waals surface area contributed by atoms with Crippen LogP contribution in [0.3, 0.4) is 0 Å². The first-order valence-corrected chi connectivity index (χ1v) is 5.74. The van der Waals surface area contributed by atoms with Crippen molar-refractivity contribution >= 4 is 17.4 Å². The number of rotatable bonds is 1. The zero-order chi connectivity index (χ0) is 12.5. The van der Waals surface area contributed by atoms with Crippen molar-refractivity contribution in [2.75, 3.05) is 23.8 Å². The molecule has 2 heterocycles. The molecule has 0 unspecified atom stereocenters. The van der Waals surface area contributed by atoms with Gasteiger partial charge in [0.05, 0.1) is 17.8 Å². The summed E-state index contributed by atoms with van der Waals surface area (Å²) >= 11 is 0. The molecule has 3 rings (SSSR count). The number of carbonyl (C=O) groups excluding carboxylic acids is 1. The lowest BCUT2D eigenvalue weighted by Crippen LogP contribution is -2.38. The smallest absolute Gasteiger partial charge is 0.262 e. The van der Waals surface area contributed by atoms with Crippen molar-refractivity contribution in [2.45, 2.75) is 0 Å². The van der Waals surface area contributed by atoms with Gasteiger partial charge in [0.1, 0.15) is 18.2 Å². The van der Waals surface area contributed by atoms with E-state index in [1.807, 2.05) is 24.3 Å². The number of aromatic amines is 1. The van der Waals surface area contributed by atoms with Crippen LogP contribution in [-0.2, 0) is 0 Å². The highest BCUT2D eigenvalue weighted by Gasteiger charge is 2.25. The molecule has 0 saturated heterocycles. The minimum atomic E-state index is -0.107. The number of fused-ring (bicyclic) bond motifs is 1. The van der Waals surface area contributed by atoms with E-state index in [2.05, 4.69) is 4.98 Å². The van der Waals surface area contributed by atoms with Gasteiger partial charge in [-0.3, -0.25) is 4.79 Å². The number of hydrogen-bond acceptors (Lipinski definition) is 3. The van der Waals surface area contributed by atoms with Crippen molar-refractivity contribution in [1.82, 2.24) is 4.98 Å². The van der Waals surface area contributed by atoms with Crippen LogP contribution in [0.5, 0.6) is 5.75 Å². The number of hydrogen-bond donors (Lipinski definition) is 2. The largest absolute Gasteiger partial charge is 0.490 e. The maximum atomic E-state index is 12.4. The Morgan fingerprint density at radius 2 is 2.17 bits per heavy atom. The van der Waals surface area contributed by atoms with Crippen LogP contribution in [0, 0.1) is 0 Å². The summed E-state index contributed by atoms with van der Waals surface area (Å²) in [6.07, 6.45) is 1.66. The third kappa shape index (κ3) is 1.60. The number of aromatic nitrogens is 1. The number of H-pyrrole nitrogens is 1. The van der Waals surface area contributed by atoms with E-state index in [1.54, 1.807) is 17.2 Å². The van der Waals surface area contributed by atoms with Gasteiger partial charge in [0, 0.05) is 6.20 Å². The third-order valence-corrected chi connectivity index (χ3v) is 2.98. The van der Waals surface area contributed by atoms with Crippen LogP contribution < -0.4 is 15.4 Å².